The first-order valence-corrected chi connectivity index (χ1v) is 4.38. The van der Waals surface area contributed by atoms with E-state index in [1.165, 1.54) is 0 Å². The molecule has 12 heavy (non-hydrogen) atoms. The van der Waals surface area contributed by atoms with Crippen molar-refractivity contribution < 1.29 is 14.2 Å². The highest BCUT2D eigenvalue weighted by Crippen LogP contribution is 2.24. The molecule has 0 bridgehead atoms. The van der Waals surface area contributed by atoms with Gasteiger partial charge in [-0.1, -0.05) is 6.92 Å². The van der Waals surface area contributed by atoms with Crippen LogP contribution in [0.1, 0.15) is 13.8 Å². The van der Waals surface area contributed by atoms with Crippen LogP contribution in [0, 0.1) is 5.92 Å². The summed E-state index contributed by atoms with van der Waals surface area (Å²) >= 11 is 0. The van der Waals surface area contributed by atoms with E-state index in [0.717, 1.165) is 0 Å². The van der Waals surface area contributed by atoms with Crippen molar-refractivity contribution in [2.24, 2.45) is 5.92 Å². The molecule has 0 amide bonds. The summed E-state index contributed by atoms with van der Waals surface area (Å²) in [4.78, 5) is 0. The highest BCUT2D eigenvalue weighted by molar-refractivity contribution is 4.83. The normalized spacial score (nSPS) is 43.0. The minimum atomic E-state index is 0.156. The van der Waals surface area contributed by atoms with Crippen molar-refractivity contribution in [2.45, 2.75) is 32.2 Å². The zero-order valence-electron chi connectivity index (χ0n) is 8.24. The molecule has 0 aromatic carbocycles. The molecule has 0 aliphatic carbocycles. The van der Waals surface area contributed by atoms with Crippen LogP contribution in [0.3, 0.4) is 0 Å². The van der Waals surface area contributed by atoms with Crippen LogP contribution >= 0.6 is 0 Å². The SMILES string of the molecule is CO[C@@H]1[C@@H](C)[C@H](OC)CO[C@H]1C. The van der Waals surface area contributed by atoms with E-state index in [-0.39, 0.29) is 18.3 Å². The first kappa shape index (κ1) is 9.96. The van der Waals surface area contributed by atoms with E-state index < -0.39 is 0 Å². The molecule has 1 fully saturated rings. The average molecular weight is 174 g/mol. The molecule has 0 spiro atoms. The molecule has 3 heteroatoms. The van der Waals surface area contributed by atoms with Crippen LogP contribution in [0.5, 0.6) is 0 Å². The summed E-state index contributed by atoms with van der Waals surface area (Å²) in [6.07, 6.45) is 0.506. The average Bonchev–Trinajstić information content (AvgIpc) is 2.06. The van der Waals surface area contributed by atoms with Crippen molar-refractivity contribution in [1.82, 2.24) is 0 Å². The molecule has 0 saturated carbocycles. The van der Waals surface area contributed by atoms with Gasteiger partial charge in [0.2, 0.25) is 0 Å². The largest absolute Gasteiger partial charge is 0.379 e. The molecular formula is C9H18O3. The molecule has 0 radical (unpaired) electrons. The van der Waals surface area contributed by atoms with Gasteiger partial charge >= 0.3 is 0 Å². The minimum absolute atomic E-state index is 0.156. The first-order chi connectivity index (χ1) is 5.70. The van der Waals surface area contributed by atoms with Crippen molar-refractivity contribution in [3.8, 4) is 0 Å². The van der Waals surface area contributed by atoms with Crippen molar-refractivity contribution in [1.29, 1.82) is 0 Å². The highest BCUT2D eigenvalue weighted by atomic mass is 16.6. The van der Waals surface area contributed by atoms with Crippen molar-refractivity contribution >= 4 is 0 Å². The lowest BCUT2D eigenvalue weighted by atomic mass is 9.92. The molecule has 4 atom stereocenters. The zero-order valence-corrected chi connectivity index (χ0v) is 8.24. The fourth-order valence-electron chi connectivity index (χ4n) is 1.82. The summed E-state index contributed by atoms with van der Waals surface area (Å²) in [6.45, 7) is 4.86. The second-order valence-corrected chi connectivity index (χ2v) is 3.37. The molecule has 1 aliphatic heterocycles. The Morgan fingerprint density at radius 1 is 1.17 bits per heavy atom. The van der Waals surface area contributed by atoms with Crippen LogP contribution in [-0.4, -0.2) is 39.1 Å². The van der Waals surface area contributed by atoms with Crippen LogP contribution in [0.15, 0.2) is 0 Å². The highest BCUT2D eigenvalue weighted by Gasteiger charge is 2.35. The van der Waals surface area contributed by atoms with E-state index >= 15 is 0 Å². The van der Waals surface area contributed by atoms with Crippen molar-refractivity contribution in [3.63, 3.8) is 0 Å². The Bertz CT molecular complexity index is 138. The molecule has 0 aromatic rings. The van der Waals surface area contributed by atoms with E-state index in [9.17, 15) is 0 Å². The third-order valence-corrected chi connectivity index (χ3v) is 2.67. The smallest absolute Gasteiger partial charge is 0.0881 e. The number of ether oxygens (including phenoxy) is 3. The fourth-order valence-corrected chi connectivity index (χ4v) is 1.82. The summed E-state index contributed by atoms with van der Waals surface area (Å²) in [5, 5.41) is 0. The van der Waals surface area contributed by atoms with Gasteiger partial charge in [0.25, 0.3) is 0 Å². The van der Waals surface area contributed by atoms with E-state index in [1.807, 2.05) is 6.92 Å². The van der Waals surface area contributed by atoms with Gasteiger partial charge in [0, 0.05) is 20.1 Å². The maximum atomic E-state index is 5.51. The summed E-state index contributed by atoms with van der Waals surface area (Å²) in [6, 6.07) is 0. The monoisotopic (exact) mass is 174 g/mol. The predicted octanol–water partition coefficient (Wildman–Crippen LogP) is 1.07. The van der Waals surface area contributed by atoms with E-state index in [1.54, 1.807) is 14.2 Å². The van der Waals surface area contributed by atoms with Gasteiger partial charge in [-0.15, -0.1) is 0 Å². The molecular weight excluding hydrogens is 156 g/mol. The van der Waals surface area contributed by atoms with Gasteiger partial charge in [-0.25, -0.2) is 0 Å². The third kappa shape index (κ3) is 1.79. The molecule has 1 aliphatic rings. The first-order valence-electron chi connectivity index (χ1n) is 4.38. The number of methoxy groups -OCH3 is 2. The Hall–Kier alpha value is -0.120. The predicted molar refractivity (Wildman–Crippen MR) is 46.2 cm³/mol. The molecule has 0 aromatic heterocycles. The van der Waals surface area contributed by atoms with Crippen LogP contribution in [0.2, 0.25) is 0 Å². The lowest BCUT2D eigenvalue weighted by molar-refractivity contribution is -0.167. The summed E-state index contributed by atoms with van der Waals surface area (Å²) in [7, 11) is 3.44. The summed E-state index contributed by atoms with van der Waals surface area (Å²) in [5.74, 6) is 0.406. The topological polar surface area (TPSA) is 27.7 Å². The minimum Gasteiger partial charge on any atom is -0.379 e. The maximum Gasteiger partial charge on any atom is 0.0881 e. The van der Waals surface area contributed by atoms with Crippen LogP contribution in [0.4, 0.5) is 0 Å². The third-order valence-electron chi connectivity index (χ3n) is 2.67. The Kier molecular flexibility index (Phi) is 3.50. The standard InChI is InChI=1S/C9H18O3/c1-6-8(10-3)5-12-7(2)9(6)11-4/h6-9H,5H2,1-4H3/t6-,7-,8+,9+/m0/s1. The van der Waals surface area contributed by atoms with E-state index in [4.69, 9.17) is 14.2 Å². The lowest BCUT2D eigenvalue weighted by Crippen LogP contribution is -2.48. The summed E-state index contributed by atoms with van der Waals surface area (Å²) < 4.78 is 16.1. The van der Waals surface area contributed by atoms with Gasteiger partial charge < -0.3 is 14.2 Å². The fraction of sp³-hybridized carbons (Fsp3) is 1.00. The lowest BCUT2D eigenvalue weighted by Gasteiger charge is -2.38. The van der Waals surface area contributed by atoms with E-state index in [2.05, 4.69) is 6.92 Å². The molecule has 3 nitrogen and oxygen atoms in total. The van der Waals surface area contributed by atoms with E-state index in [0.29, 0.717) is 12.5 Å². The van der Waals surface area contributed by atoms with Gasteiger partial charge in [-0.2, -0.15) is 0 Å². The Balaban J connectivity index is 2.56. The molecule has 1 saturated heterocycles. The molecule has 0 unspecified atom stereocenters. The molecule has 1 heterocycles. The molecule has 72 valence electrons. The van der Waals surface area contributed by atoms with Crippen molar-refractivity contribution in [2.75, 3.05) is 20.8 Å². The van der Waals surface area contributed by atoms with Crippen molar-refractivity contribution in [3.05, 3.63) is 0 Å². The van der Waals surface area contributed by atoms with Gasteiger partial charge in [0.05, 0.1) is 24.9 Å². The Morgan fingerprint density at radius 3 is 2.33 bits per heavy atom. The zero-order chi connectivity index (χ0) is 9.14. The van der Waals surface area contributed by atoms with Gasteiger partial charge in [0.15, 0.2) is 0 Å². The van der Waals surface area contributed by atoms with Gasteiger partial charge in [-0.3, -0.25) is 0 Å². The number of hydrogen-bond acceptors (Lipinski definition) is 3. The maximum absolute atomic E-state index is 5.51. The van der Waals surface area contributed by atoms with Crippen LogP contribution in [-0.2, 0) is 14.2 Å². The van der Waals surface area contributed by atoms with Gasteiger partial charge in [0.1, 0.15) is 0 Å². The van der Waals surface area contributed by atoms with Gasteiger partial charge in [-0.05, 0) is 6.92 Å². The summed E-state index contributed by atoms with van der Waals surface area (Å²) in [5.41, 5.74) is 0. The number of rotatable bonds is 2. The molecule has 1 rings (SSSR count). The quantitative estimate of drug-likeness (QED) is 0.626. The van der Waals surface area contributed by atoms with Crippen LogP contribution in [0.25, 0.3) is 0 Å². The second kappa shape index (κ2) is 4.21. The molecule has 0 N–H and O–H groups in total. The Morgan fingerprint density at radius 2 is 1.83 bits per heavy atom. The second-order valence-electron chi connectivity index (χ2n) is 3.37. The Labute approximate surface area is 74.0 Å². The van der Waals surface area contributed by atoms with Crippen LogP contribution < -0.4 is 0 Å². The number of hydrogen-bond donors (Lipinski definition) is 0.